The summed E-state index contributed by atoms with van der Waals surface area (Å²) in [4.78, 5) is 11.6. The van der Waals surface area contributed by atoms with Crippen molar-refractivity contribution in [2.75, 3.05) is 33.0 Å². The van der Waals surface area contributed by atoms with Crippen LogP contribution in [0.1, 0.15) is 27.7 Å². The molecule has 0 aliphatic heterocycles. The molecule has 110 valence electrons. The van der Waals surface area contributed by atoms with Crippen molar-refractivity contribution in [1.82, 2.24) is 5.32 Å². The molecule has 0 heterocycles. The van der Waals surface area contributed by atoms with Crippen molar-refractivity contribution in [2.24, 2.45) is 11.7 Å². The fourth-order valence-corrected chi connectivity index (χ4v) is 1.21. The fraction of sp³-hybridized carbons (Fsp3) is 0.917. The molecule has 0 aliphatic rings. The molecule has 0 fully saturated rings. The van der Waals surface area contributed by atoms with Gasteiger partial charge in [0.05, 0.1) is 18.8 Å². The number of amides is 1. The fourth-order valence-electron chi connectivity index (χ4n) is 1.21. The molecule has 3 N–H and O–H groups in total. The third-order valence-electron chi connectivity index (χ3n) is 2.93. The molecule has 0 saturated heterocycles. The van der Waals surface area contributed by atoms with E-state index in [1.165, 1.54) is 0 Å². The Morgan fingerprint density at radius 2 is 1.89 bits per heavy atom. The molecule has 6 heteroatoms. The van der Waals surface area contributed by atoms with Crippen molar-refractivity contribution in [1.29, 1.82) is 0 Å². The molecule has 0 spiro atoms. The number of hydrogen-bond acceptors (Lipinski definition) is 4. The number of nitrogens with one attached hydrogen (secondary N) is 1. The van der Waals surface area contributed by atoms with Gasteiger partial charge in [-0.05, 0) is 19.8 Å². The first-order valence-corrected chi connectivity index (χ1v) is 6.12. The molecule has 1 atom stereocenters. The zero-order chi connectivity index (χ0) is 13.3. The van der Waals surface area contributed by atoms with Crippen LogP contribution in [-0.2, 0) is 14.3 Å². The van der Waals surface area contributed by atoms with Crippen LogP contribution in [0.15, 0.2) is 0 Å². The zero-order valence-electron chi connectivity index (χ0n) is 11.8. The van der Waals surface area contributed by atoms with Crippen LogP contribution in [0.2, 0.25) is 0 Å². The molecular formula is C12H27ClN2O3. The van der Waals surface area contributed by atoms with E-state index in [1.807, 2.05) is 27.7 Å². The maximum atomic E-state index is 11.6. The molecule has 0 bridgehead atoms. The molecule has 0 aromatic carbocycles. The number of ether oxygens (including phenoxy) is 2. The van der Waals surface area contributed by atoms with Crippen molar-refractivity contribution >= 4 is 18.3 Å². The Labute approximate surface area is 116 Å². The second-order valence-electron chi connectivity index (χ2n) is 4.57. The van der Waals surface area contributed by atoms with E-state index >= 15 is 0 Å². The van der Waals surface area contributed by atoms with Gasteiger partial charge < -0.3 is 20.5 Å². The number of halogens is 1. The minimum atomic E-state index is -0.375. The number of carbonyl (C=O) groups is 1. The Kier molecular flexibility index (Phi) is 11.7. The third kappa shape index (κ3) is 7.87. The van der Waals surface area contributed by atoms with Gasteiger partial charge in [0.25, 0.3) is 0 Å². The molecule has 0 saturated carbocycles. The summed E-state index contributed by atoms with van der Waals surface area (Å²) in [5.41, 5.74) is 5.30. The van der Waals surface area contributed by atoms with Gasteiger partial charge in [0.15, 0.2) is 0 Å². The minimum absolute atomic E-state index is 0. The summed E-state index contributed by atoms with van der Waals surface area (Å²) in [5.74, 6) is 0.142. The standard InChI is InChI=1S/C12H26N2O3.ClH/c1-5-16-6-7-17-8-11(15)14-12(4,9-13)10(2)3;/h10H,5-9,13H2,1-4H3,(H,14,15);1H. The first-order valence-electron chi connectivity index (χ1n) is 6.12. The van der Waals surface area contributed by atoms with E-state index in [-0.39, 0.29) is 36.4 Å². The second-order valence-corrected chi connectivity index (χ2v) is 4.57. The first-order chi connectivity index (χ1) is 7.96. The maximum absolute atomic E-state index is 11.6. The van der Waals surface area contributed by atoms with Crippen LogP contribution in [0.5, 0.6) is 0 Å². The Bertz CT molecular complexity index is 227. The molecule has 0 rings (SSSR count). The van der Waals surface area contributed by atoms with Crippen LogP contribution in [0.3, 0.4) is 0 Å². The van der Waals surface area contributed by atoms with Crippen molar-refractivity contribution in [3.63, 3.8) is 0 Å². The Hall–Kier alpha value is -0.360. The van der Waals surface area contributed by atoms with Crippen molar-refractivity contribution in [3.05, 3.63) is 0 Å². The van der Waals surface area contributed by atoms with E-state index < -0.39 is 0 Å². The van der Waals surface area contributed by atoms with E-state index in [0.717, 1.165) is 0 Å². The summed E-state index contributed by atoms with van der Waals surface area (Å²) < 4.78 is 10.3. The summed E-state index contributed by atoms with van der Waals surface area (Å²) in [6, 6.07) is 0. The Balaban J connectivity index is 0. The van der Waals surface area contributed by atoms with Crippen LogP contribution < -0.4 is 11.1 Å². The smallest absolute Gasteiger partial charge is 0.246 e. The number of nitrogens with two attached hydrogens (primary N) is 1. The topological polar surface area (TPSA) is 73.6 Å². The van der Waals surface area contributed by atoms with Crippen molar-refractivity contribution < 1.29 is 14.3 Å². The van der Waals surface area contributed by atoms with E-state index in [0.29, 0.717) is 26.4 Å². The highest BCUT2D eigenvalue weighted by molar-refractivity contribution is 5.85. The van der Waals surface area contributed by atoms with Crippen LogP contribution in [0.25, 0.3) is 0 Å². The maximum Gasteiger partial charge on any atom is 0.246 e. The zero-order valence-corrected chi connectivity index (χ0v) is 12.6. The summed E-state index contributed by atoms with van der Waals surface area (Å²) in [7, 11) is 0. The van der Waals surface area contributed by atoms with Crippen molar-refractivity contribution in [3.8, 4) is 0 Å². The first kappa shape index (κ1) is 20.0. The van der Waals surface area contributed by atoms with E-state index in [4.69, 9.17) is 15.2 Å². The SMILES string of the molecule is CCOCCOCC(=O)NC(C)(CN)C(C)C.Cl. The number of rotatable bonds is 9. The van der Waals surface area contributed by atoms with Gasteiger partial charge in [0, 0.05) is 13.2 Å². The quantitative estimate of drug-likeness (QED) is 0.618. The highest BCUT2D eigenvalue weighted by Crippen LogP contribution is 2.14. The predicted molar refractivity (Wildman–Crippen MR) is 75.0 cm³/mol. The van der Waals surface area contributed by atoms with Gasteiger partial charge in [-0.25, -0.2) is 0 Å². The number of hydrogen-bond donors (Lipinski definition) is 2. The molecule has 1 amide bonds. The predicted octanol–water partition coefficient (Wildman–Crippen LogP) is 0.951. The average molecular weight is 283 g/mol. The average Bonchev–Trinajstić information content (AvgIpc) is 2.28. The lowest BCUT2D eigenvalue weighted by atomic mass is 9.88. The molecular weight excluding hydrogens is 256 g/mol. The molecule has 0 radical (unpaired) electrons. The Morgan fingerprint density at radius 1 is 1.33 bits per heavy atom. The lowest BCUT2D eigenvalue weighted by Crippen LogP contribution is -2.55. The van der Waals surface area contributed by atoms with Gasteiger partial charge in [-0.15, -0.1) is 12.4 Å². The summed E-state index contributed by atoms with van der Waals surface area (Å²) >= 11 is 0. The van der Waals surface area contributed by atoms with Crippen molar-refractivity contribution in [2.45, 2.75) is 33.2 Å². The van der Waals surface area contributed by atoms with Gasteiger partial charge in [-0.2, -0.15) is 0 Å². The lowest BCUT2D eigenvalue weighted by Gasteiger charge is -2.33. The van der Waals surface area contributed by atoms with Gasteiger partial charge in [0.1, 0.15) is 6.61 Å². The van der Waals surface area contributed by atoms with E-state index in [9.17, 15) is 4.79 Å². The van der Waals surface area contributed by atoms with Crippen LogP contribution in [0, 0.1) is 5.92 Å². The summed E-state index contributed by atoms with van der Waals surface area (Å²) in [5, 5.41) is 2.90. The molecule has 1 unspecified atom stereocenters. The highest BCUT2D eigenvalue weighted by atomic mass is 35.5. The van der Waals surface area contributed by atoms with E-state index in [2.05, 4.69) is 5.32 Å². The monoisotopic (exact) mass is 282 g/mol. The summed E-state index contributed by atoms with van der Waals surface area (Å²) in [6.07, 6.45) is 0. The second kappa shape index (κ2) is 10.6. The molecule has 0 aliphatic carbocycles. The van der Waals surface area contributed by atoms with Crippen LogP contribution >= 0.6 is 12.4 Å². The Morgan fingerprint density at radius 3 is 2.33 bits per heavy atom. The molecule has 0 aromatic heterocycles. The van der Waals surface area contributed by atoms with Crippen LogP contribution in [-0.4, -0.2) is 44.4 Å². The normalized spacial score (nSPS) is 13.9. The molecule has 0 aromatic rings. The number of carbonyl (C=O) groups excluding carboxylic acids is 1. The summed E-state index contributed by atoms with van der Waals surface area (Å²) in [6.45, 7) is 9.99. The largest absolute Gasteiger partial charge is 0.379 e. The molecule has 5 nitrogen and oxygen atoms in total. The lowest BCUT2D eigenvalue weighted by molar-refractivity contribution is -0.128. The highest BCUT2D eigenvalue weighted by Gasteiger charge is 2.28. The van der Waals surface area contributed by atoms with Gasteiger partial charge in [-0.1, -0.05) is 13.8 Å². The molecule has 18 heavy (non-hydrogen) atoms. The van der Waals surface area contributed by atoms with Gasteiger partial charge in [0.2, 0.25) is 5.91 Å². The third-order valence-corrected chi connectivity index (χ3v) is 2.93. The van der Waals surface area contributed by atoms with E-state index in [1.54, 1.807) is 0 Å². The van der Waals surface area contributed by atoms with Crippen LogP contribution in [0.4, 0.5) is 0 Å². The van der Waals surface area contributed by atoms with Gasteiger partial charge in [-0.3, -0.25) is 4.79 Å². The van der Waals surface area contributed by atoms with Gasteiger partial charge >= 0.3 is 0 Å². The minimum Gasteiger partial charge on any atom is -0.379 e.